The Morgan fingerprint density at radius 2 is 1.78 bits per heavy atom. The maximum absolute atomic E-state index is 9.31. The third-order valence-corrected chi connectivity index (χ3v) is 3.68. The Labute approximate surface area is 142 Å². The number of halogens is 1. The normalized spacial score (nSPS) is 12.7. The minimum atomic E-state index is 0.116. The predicted molar refractivity (Wildman–Crippen MR) is 95.9 cm³/mol. The van der Waals surface area contributed by atoms with E-state index >= 15 is 0 Å². The van der Waals surface area contributed by atoms with Crippen LogP contribution >= 0.6 is 11.6 Å². The molecule has 0 aromatic heterocycles. The molecule has 23 heavy (non-hydrogen) atoms. The van der Waals surface area contributed by atoms with Crippen molar-refractivity contribution in [2.75, 3.05) is 6.54 Å². The number of guanidine groups is 1. The van der Waals surface area contributed by atoms with E-state index in [0.717, 1.165) is 28.7 Å². The van der Waals surface area contributed by atoms with E-state index in [2.05, 4.69) is 22.5 Å². The third kappa shape index (κ3) is 5.49. The lowest BCUT2D eigenvalue weighted by Gasteiger charge is -2.18. The smallest absolute Gasteiger partial charge is 0.192 e. The van der Waals surface area contributed by atoms with Crippen molar-refractivity contribution in [3.8, 4) is 5.75 Å². The Hall–Kier alpha value is -2.20. The lowest BCUT2D eigenvalue weighted by Crippen LogP contribution is -2.38. The van der Waals surface area contributed by atoms with Crippen LogP contribution in [0.4, 0.5) is 0 Å². The molecule has 0 radical (unpaired) electrons. The molecule has 3 N–H and O–H groups in total. The fraction of sp³-hybridized carbons (Fsp3) is 0.278. The van der Waals surface area contributed by atoms with E-state index in [9.17, 15) is 5.11 Å². The Kier molecular flexibility index (Phi) is 6.29. The van der Waals surface area contributed by atoms with Gasteiger partial charge in [0.05, 0.1) is 12.6 Å². The van der Waals surface area contributed by atoms with Gasteiger partial charge in [0.15, 0.2) is 5.96 Å². The molecule has 1 unspecified atom stereocenters. The van der Waals surface area contributed by atoms with Gasteiger partial charge in [-0.25, -0.2) is 4.99 Å². The highest BCUT2D eigenvalue weighted by molar-refractivity contribution is 6.30. The van der Waals surface area contributed by atoms with Crippen LogP contribution in [-0.2, 0) is 6.54 Å². The highest BCUT2D eigenvalue weighted by Gasteiger charge is 2.07. The number of hydrogen-bond donors (Lipinski definition) is 3. The van der Waals surface area contributed by atoms with Crippen molar-refractivity contribution in [2.24, 2.45) is 4.99 Å². The second-order valence-electron chi connectivity index (χ2n) is 5.28. The van der Waals surface area contributed by atoms with Crippen molar-refractivity contribution in [3.05, 3.63) is 64.7 Å². The summed E-state index contributed by atoms with van der Waals surface area (Å²) in [5.74, 6) is 1.02. The molecule has 2 aromatic rings. The predicted octanol–water partition coefficient (Wildman–Crippen LogP) is 3.86. The van der Waals surface area contributed by atoms with Crippen LogP contribution in [0.3, 0.4) is 0 Å². The molecule has 0 fully saturated rings. The molecule has 0 bridgehead atoms. The van der Waals surface area contributed by atoms with E-state index in [1.807, 2.05) is 43.3 Å². The summed E-state index contributed by atoms with van der Waals surface area (Å²) in [5, 5.41) is 16.7. The Bertz CT molecular complexity index is 638. The highest BCUT2D eigenvalue weighted by atomic mass is 35.5. The first-order valence-corrected chi connectivity index (χ1v) is 8.04. The SMILES string of the molecule is CCNC(=NCc1ccc(O)cc1)NC(C)c1ccc(Cl)cc1. The van der Waals surface area contributed by atoms with Crippen LogP contribution < -0.4 is 10.6 Å². The van der Waals surface area contributed by atoms with Gasteiger partial charge >= 0.3 is 0 Å². The summed E-state index contributed by atoms with van der Waals surface area (Å²) in [7, 11) is 0. The minimum absolute atomic E-state index is 0.116. The van der Waals surface area contributed by atoms with Crippen molar-refractivity contribution in [2.45, 2.75) is 26.4 Å². The van der Waals surface area contributed by atoms with Crippen LogP contribution in [0, 0.1) is 0 Å². The molecule has 0 saturated heterocycles. The average molecular weight is 332 g/mol. The molecule has 2 aromatic carbocycles. The number of nitrogens with zero attached hydrogens (tertiary/aromatic N) is 1. The molecule has 0 aliphatic carbocycles. The Morgan fingerprint density at radius 3 is 2.39 bits per heavy atom. The van der Waals surface area contributed by atoms with Crippen molar-refractivity contribution in [1.29, 1.82) is 0 Å². The maximum Gasteiger partial charge on any atom is 0.192 e. The van der Waals surface area contributed by atoms with Crippen LogP contribution in [0.5, 0.6) is 5.75 Å². The van der Waals surface area contributed by atoms with Gasteiger partial charge in [-0.15, -0.1) is 0 Å². The van der Waals surface area contributed by atoms with Gasteiger partial charge in [0.1, 0.15) is 5.75 Å². The molecular formula is C18H22ClN3O. The zero-order valence-corrected chi connectivity index (χ0v) is 14.1. The molecule has 0 amide bonds. The Morgan fingerprint density at radius 1 is 1.13 bits per heavy atom. The van der Waals surface area contributed by atoms with Gasteiger partial charge < -0.3 is 15.7 Å². The molecule has 2 rings (SSSR count). The summed E-state index contributed by atoms with van der Waals surface area (Å²) in [6.45, 7) is 5.44. The average Bonchev–Trinajstić information content (AvgIpc) is 2.55. The number of rotatable bonds is 5. The van der Waals surface area contributed by atoms with Gasteiger partial charge in [-0.1, -0.05) is 35.9 Å². The number of phenols is 1. The first kappa shape index (κ1) is 17.2. The molecule has 0 aliphatic rings. The van der Waals surface area contributed by atoms with Gasteiger partial charge in [-0.05, 0) is 49.2 Å². The quantitative estimate of drug-likeness (QED) is 0.576. The number of aliphatic imine (C=N–C) groups is 1. The number of nitrogens with one attached hydrogen (secondary N) is 2. The summed E-state index contributed by atoms with van der Waals surface area (Å²) >= 11 is 5.93. The molecule has 1 atom stereocenters. The molecule has 5 heteroatoms. The monoisotopic (exact) mass is 331 g/mol. The van der Waals surface area contributed by atoms with Crippen molar-refractivity contribution >= 4 is 17.6 Å². The molecule has 0 aliphatic heterocycles. The summed E-state index contributed by atoms with van der Waals surface area (Å²) in [5.41, 5.74) is 2.18. The molecule has 0 heterocycles. The van der Waals surface area contributed by atoms with E-state index in [-0.39, 0.29) is 11.8 Å². The van der Waals surface area contributed by atoms with Crippen LogP contribution in [0.15, 0.2) is 53.5 Å². The summed E-state index contributed by atoms with van der Waals surface area (Å²) in [6, 6.07) is 15.0. The van der Waals surface area contributed by atoms with Gasteiger partial charge in [0.25, 0.3) is 0 Å². The largest absolute Gasteiger partial charge is 0.508 e. The van der Waals surface area contributed by atoms with Crippen LogP contribution in [0.1, 0.15) is 31.0 Å². The third-order valence-electron chi connectivity index (χ3n) is 3.42. The molecule has 0 spiro atoms. The molecule has 122 valence electrons. The van der Waals surface area contributed by atoms with Crippen LogP contribution in [0.25, 0.3) is 0 Å². The van der Waals surface area contributed by atoms with Gasteiger partial charge in [0, 0.05) is 11.6 Å². The van der Waals surface area contributed by atoms with Crippen molar-refractivity contribution in [1.82, 2.24) is 10.6 Å². The highest BCUT2D eigenvalue weighted by Crippen LogP contribution is 2.16. The van der Waals surface area contributed by atoms with E-state index in [0.29, 0.717) is 6.54 Å². The second-order valence-corrected chi connectivity index (χ2v) is 5.72. The van der Waals surface area contributed by atoms with Crippen LogP contribution in [-0.4, -0.2) is 17.6 Å². The van der Waals surface area contributed by atoms with E-state index < -0.39 is 0 Å². The molecular weight excluding hydrogens is 310 g/mol. The maximum atomic E-state index is 9.31. The molecule has 4 nitrogen and oxygen atoms in total. The first-order valence-electron chi connectivity index (χ1n) is 7.66. The van der Waals surface area contributed by atoms with E-state index in [1.165, 1.54) is 0 Å². The molecule has 0 saturated carbocycles. The number of phenolic OH excluding ortho intramolecular Hbond substituents is 1. The van der Waals surface area contributed by atoms with Gasteiger partial charge in [0.2, 0.25) is 0 Å². The van der Waals surface area contributed by atoms with Crippen molar-refractivity contribution in [3.63, 3.8) is 0 Å². The fourth-order valence-electron chi connectivity index (χ4n) is 2.13. The van der Waals surface area contributed by atoms with Crippen molar-refractivity contribution < 1.29 is 5.11 Å². The topological polar surface area (TPSA) is 56.7 Å². The van der Waals surface area contributed by atoms with E-state index in [4.69, 9.17) is 11.6 Å². The fourth-order valence-corrected chi connectivity index (χ4v) is 2.26. The number of benzene rings is 2. The zero-order chi connectivity index (χ0) is 16.7. The second kappa shape index (κ2) is 8.44. The van der Waals surface area contributed by atoms with E-state index in [1.54, 1.807) is 12.1 Å². The van der Waals surface area contributed by atoms with Crippen LogP contribution in [0.2, 0.25) is 5.02 Å². The van der Waals surface area contributed by atoms with Gasteiger partial charge in [-0.3, -0.25) is 0 Å². The summed E-state index contributed by atoms with van der Waals surface area (Å²) in [4.78, 5) is 4.58. The lowest BCUT2D eigenvalue weighted by atomic mass is 10.1. The standard InChI is InChI=1S/C18H22ClN3O/c1-3-20-18(21-12-14-4-10-17(23)11-5-14)22-13(2)15-6-8-16(19)9-7-15/h4-11,13,23H,3,12H2,1-2H3,(H2,20,21,22). The zero-order valence-electron chi connectivity index (χ0n) is 13.4. The summed E-state index contributed by atoms with van der Waals surface area (Å²) in [6.07, 6.45) is 0. The first-order chi connectivity index (χ1) is 11.1. The summed E-state index contributed by atoms with van der Waals surface area (Å²) < 4.78 is 0. The van der Waals surface area contributed by atoms with Gasteiger partial charge in [-0.2, -0.15) is 0 Å². The number of hydrogen-bond acceptors (Lipinski definition) is 2. The Balaban J connectivity index is 2.03. The lowest BCUT2D eigenvalue weighted by molar-refractivity contribution is 0.475. The number of aromatic hydroxyl groups is 1. The minimum Gasteiger partial charge on any atom is -0.508 e.